The lowest BCUT2D eigenvalue weighted by molar-refractivity contribution is 0.0690. The smallest absolute Gasteiger partial charge is 0.356 e. The molecule has 0 bridgehead atoms. The van der Waals surface area contributed by atoms with Gasteiger partial charge in [0.25, 0.3) is 0 Å². The number of rotatable bonds is 3. The van der Waals surface area contributed by atoms with Gasteiger partial charge >= 0.3 is 5.97 Å². The van der Waals surface area contributed by atoms with Crippen molar-refractivity contribution in [1.82, 2.24) is 9.97 Å². The first-order chi connectivity index (χ1) is 9.65. The Morgan fingerprint density at radius 2 is 2.25 bits per heavy atom. The maximum atomic E-state index is 10.8. The third-order valence-electron chi connectivity index (χ3n) is 3.49. The minimum atomic E-state index is -1.07. The highest BCUT2D eigenvalue weighted by molar-refractivity contribution is 5.84. The van der Waals surface area contributed by atoms with Gasteiger partial charge in [0.05, 0.1) is 18.4 Å². The molecule has 0 spiro atoms. The quantitative estimate of drug-likeness (QED) is 0.925. The van der Waals surface area contributed by atoms with Crippen molar-refractivity contribution in [3.63, 3.8) is 0 Å². The molecule has 6 nitrogen and oxygen atoms in total. The van der Waals surface area contributed by atoms with Crippen LogP contribution in [0.4, 0.5) is 5.82 Å². The molecule has 1 aliphatic rings. The van der Waals surface area contributed by atoms with Crippen molar-refractivity contribution < 1.29 is 14.3 Å². The van der Waals surface area contributed by atoms with E-state index in [4.69, 9.17) is 9.52 Å². The van der Waals surface area contributed by atoms with Crippen LogP contribution in [-0.4, -0.2) is 27.6 Å². The summed E-state index contributed by atoms with van der Waals surface area (Å²) in [5.74, 6) is 1.43. The van der Waals surface area contributed by atoms with Crippen LogP contribution in [0.15, 0.2) is 28.9 Å². The number of hydrogen-bond acceptors (Lipinski definition) is 5. The van der Waals surface area contributed by atoms with Crippen LogP contribution in [0, 0.1) is 6.92 Å². The summed E-state index contributed by atoms with van der Waals surface area (Å²) < 4.78 is 5.70. The van der Waals surface area contributed by atoms with Gasteiger partial charge in [0.15, 0.2) is 5.69 Å². The number of aryl methyl sites for hydroxylation is 1. The van der Waals surface area contributed by atoms with Crippen LogP contribution in [0.1, 0.15) is 40.9 Å². The minimum Gasteiger partial charge on any atom is -0.476 e. The molecule has 2 aromatic rings. The second kappa shape index (κ2) is 4.96. The Hall–Kier alpha value is -2.37. The number of aromatic carboxylic acids is 1. The van der Waals surface area contributed by atoms with Crippen LogP contribution in [0.3, 0.4) is 0 Å². The number of aromatic nitrogens is 2. The van der Waals surface area contributed by atoms with E-state index in [2.05, 4.69) is 14.9 Å². The Morgan fingerprint density at radius 3 is 2.85 bits per heavy atom. The van der Waals surface area contributed by atoms with Gasteiger partial charge < -0.3 is 14.4 Å². The summed E-state index contributed by atoms with van der Waals surface area (Å²) >= 11 is 0. The number of anilines is 1. The third kappa shape index (κ3) is 2.24. The average molecular weight is 273 g/mol. The minimum absolute atomic E-state index is 0.0432. The number of carboxylic acid groups (broad SMARTS) is 1. The maximum absolute atomic E-state index is 10.8. The monoisotopic (exact) mass is 273 g/mol. The van der Waals surface area contributed by atoms with Crippen LogP contribution in [0.2, 0.25) is 0 Å². The third-order valence-corrected chi connectivity index (χ3v) is 3.49. The summed E-state index contributed by atoms with van der Waals surface area (Å²) in [4.78, 5) is 21.0. The molecule has 0 aromatic carbocycles. The van der Waals surface area contributed by atoms with Crippen molar-refractivity contribution in [3.8, 4) is 0 Å². The Labute approximate surface area is 116 Å². The number of carboxylic acids is 1. The molecule has 1 unspecified atom stereocenters. The molecule has 1 fully saturated rings. The highest BCUT2D eigenvalue weighted by Crippen LogP contribution is 2.35. The Balaban J connectivity index is 1.86. The van der Waals surface area contributed by atoms with E-state index < -0.39 is 5.97 Å². The summed E-state index contributed by atoms with van der Waals surface area (Å²) in [6.45, 7) is 2.79. The van der Waals surface area contributed by atoms with E-state index in [1.165, 1.54) is 12.4 Å². The van der Waals surface area contributed by atoms with Crippen LogP contribution >= 0.6 is 0 Å². The molecule has 20 heavy (non-hydrogen) atoms. The van der Waals surface area contributed by atoms with E-state index in [-0.39, 0.29) is 11.7 Å². The summed E-state index contributed by atoms with van der Waals surface area (Å²) in [6.07, 6.45) is 4.85. The van der Waals surface area contributed by atoms with Crippen molar-refractivity contribution >= 4 is 11.8 Å². The van der Waals surface area contributed by atoms with Crippen molar-refractivity contribution in [3.05, 3.63) is 41.7 Å². The number of hydrogen-bond donors (Lipinski definition) is 1. The molecule has 1 N–H and O–H groups in total. The lowest BCUT2D eigenvalue weighted by Gasteiger charge is -2.23. The standard InChI is InChI=1S/C14H15N3O3/c1-9-4-5-12(20-9)11-3-2-6-17(11)13-8-15-10(7-16-13)14(18)19/h4-5,7-8,11H,2-3,6H2,1H3,(H,18,19). The van der Waals surface area contributed by atoms with Gasteiger partial charge in [0, 0.05) is 6.54 Å². The molecule has 3 heterocycles. The van der Waals surface area contributed by atoms with E-state index in [1.54, 1.807) is 0 Å². The number of carbonyl (C=O) groups is 1. The van der Waals surface area contributed by atoms with E-state index in [1.807, 2.05) is 19.1 Å². The molecule has 0 amide bonds. The summed E-state index contributed by atoms with van der Waals surface area (Å²) in [6, 6.07) is 4.08. The predicted octanol–water partition coefficient (Wildman–Crippen LogP) is 2.42. The first kappa shape index (κ1) is 12.7. The van der Waals surface area contributed by atoms with Gasteiger partial charge in [0.2, 0.25) is 0 Å². The summed E-state index contributed by atoms with van der Waals surface area (Å²) in [5, 5.41) is 8.84. The van der Waals surface area contributed by atoms with Crippen LogP contribution in [-0.2, 0) is 0 Å². The average Bonchev–Trinajstić information content (AvgIpc) is 3.07. The molecule has 1 aliphatic heterocycles. The molecule has 2 aromatic heterocycles. The molecule has 1 saturated heterocycles. The van der Waals surface area contributed by atoms with Crippen molar-refractivity contribution in [2.24, 2.45) is 0 Å². The molecule has 0 saturated carbocycles. The zero-order chi connectivity index (χ0) is 14.1. The van der Waals surface area contributed by atoms with Gasteiger partial charge in [-0.1, -0.05) is 0 Å². The number of furan rings is 1. The summed E-state index contributed by atoms with van der Waals surface area (Å²) in [5.41, 5.74) is -0.0432. The maximum Gasteiger partial charge on any atom is 0.356 e. The Kier molecular flexibility index (Phi) is 3.14. The van der Waals surface area contributed by atoms with E-state index in [0.29, 0.717) is 5.82 Å². The molecule has 0 radical (unpaired) electrons. The van der Waals surface area contributed by atoms with E-state index in [9.17, 15) is 4.79 Å². The predicted molar refractivity (Wildman–Crippen MR) is 71.8 cm³/mol. The second-order valence-electron chi connectivity index (χ2n) is 4.86. The van der Waals surface area contributed by atoms with Crippen LogP contribution in [0.5, 0.6) is 0 Å². The second-order valence-corrected chi connectivity index (χ2v) is 4.86. The van der Waals surface area contributed by atoms with Crippen molar-refractivity contribution in [2.45, 2.75) is 25.8 Å². The molecule has 0 aliphatic carbocycles. The molecular formula is C14H15N3O3. The van der Waals surface area contributed by atoms with E-state index >= 15 is 0 Å². The van der Waals surface area contributed by atoms with Gasteiger partial charge in [-0.2, -0.15) is 0 Å². The lowest BCUT2D eigenvalue weighted by atomic mass is 10.2. The molecular weight excluding hydrogens is 258 g/mol. The topological polar surface area (TPSA) is 79.5 Å². The first-order valence-corrected chi connectivity index (χ1v) is 6.53. The van der Waals surface area contributed by atoms with Gasteiger partial charge in [0.1, 0.15) is 17.3 Å². The number of nitrogens with zero attached hydrogens (tertiary/aromatic N) is 3. The first-order valence-electron chi connectivity index (χ1n) is 6.53. The lowest BCUT2D eigenvalue weighted by Crippen LogP contribution is -2.23. The van der Waals surface area contributed by atoms with Crippen molar-refractivity contribution in [2.75, 3.05) is 11.4 Å². The van der Waals surface area contributed by atoms with Gasteiger partial charge in [-0.3, -0.25) is 0 Å². The highest BCUT2D eigenvalue weighted by Gasteiger charge is 2.29. The molecule has 3 rings (SSSR count). The fourth-order valence-electron chi connectivity index (χ4n) is 2.55. The van der Waals surface area contributed by atoms with Crippen LogP contribution in [0.25, 0.3) is 0 Å². The molecule has 104 valence electrons. The van der Waals surface area contributed by atoms with Gasteiger partial charge in [-0.15, -0.1) is 0 Å². The largest absolute Gasteiger partial charge is 0.476 e. The fraction of sp³-hybridized carbons (Fsp3) is 0.357. The summed E-state index contributed by atoms with van der Waals surface area (Å²) in [7, 11) is 0. The fourth-order valence-corrected chi connectivity index (χ4v) is 2.55. The Morgan fingerprint density at radius 1 is 1.40 bits per heavy atom. The zero-order valence-corrected chi connectivity index (χ0v) is 11.1. The highest BCUT2D eigenvalue weighted by atomic mass is 16.4. The van der Waals surface area contributed by atoms with Gasteiger partial charge in [-0.05, 0) is 31.9 Å². The zero-order valence-electron chi connectivity index (χ0n) is 11.1. The Bertz CT molecular complexity index is 621. The van der Waals surface area contributed by atoms with Crippen LogP contribution < -0.4 is 4.90 Å². The van der Waals surface area contributed by atoms with Gasteiger partial charge in [-0.25, -0.2) is 14.8 Å². The normalized spacial score (nSPS) is 18.4. The van der Waals surface area contributed by atoms with E-state index in [0.717, 1.165) is 30.9 Å². The SMILES string of the molecule is Cc1ccc(C2CCCN2c2cnc(C(=O)O)cn2)o1. The molecule has 1 atom stereocenters. The van der Waals surface area contributed by atoms with Crippen molar-refractivity contribution in [1.29, 1.82) is 0 Å². The molecule has 6 heteroatoms.